The van der Waals surface area contributed by atoms with Gasteiger partial charge in [0.05, 0.1) is 4.92 Å². The maximum absolute atomic E-state index is 13.1. The Balaban J connectivity index is 2.07. The molecule has 1 atom stereocenters. The minimum absolute atomic E-state index is 0.0761. The van der Waals surface area contributed by atoms with Gasteiger partial charge in [0.1, 0.15) is 17.3 Å². The average molecular weight is 304 g/mol. The molecule has 0 spiro atoms. The summed E-state index contributed by atoms with van der Waals surface area (Å²) < 4.78 is 18.4. The van der Waals surface area contributed by atoms with E-state index in [2.05, 4.69) is 5.32 Å². The van der Waals surface area contributed by atoms with Crippen LogP contribution < -0.4 is 10.1 Å². The highest BCUT2D eigenvalue weighted by Crippen LogP contribution is 2.23. The number of hydrogen-bond donors (Lipinski definition) is 1. The molecule has 114 valence electrons. The number of ether oxygens (including phenoxy) is 1. The molecule has 0 aliphatic heterocycles. The second-order valence-corrected chi connectivity index (χ2v) is 4.48. The van der Waals surface area contributed by atoms with Gasteiger partial charge in [-0.25, -0.2) is 4.39 Å². The van der Waals surface area contributed by atoms with E-state index < -0.39 is 22.8 Å². The molecular weight excluding hydrogens is 291 g/mol. The number of rotatable bonds is 5. The van der Waals surface area contributed by atoms with Gasteiger partial charge in [-0.2, -0.15) is 0 Å². The lowest BCUT2D eigenvalue weighted by atomic mass is 10.2. The summed E-state index contributed by atoms with van der Waals surface area (Å²) in [5.74, 6) is -0.854. The number of nitro benzene ring substituents is 1. The van der Waals surface area contributed by atoms with Crippen LogP contribution in [0.3, 0.4) is 0 Å². The van der Waals surface area contributed by atoms with E-state index in [4.69, 9.17) is 4.74 Å². The van der Waals surface area contributed by atoms with Crippen molar-refractivity contribution in [2.75, 3.05) is 5.32 Å². The molecule has 2 aromatic rings. The molecule has 0 aromatic heterocycles. The third kappa shape index (κ3) is 3.78. The lowest BCUT2D eigenvalue weighted by molar-refractivity contribution is -0.383. The molecule has 0 saturated heterocycles. The zero-order valence-electron chi connectivity index (χ0n) is 11.7. The van der Waals surface area contributed by atoms with Gasteiger partial charge in [0.2, 0.25) is 0 Å². The van der Waals surface area contributed by atoms with E-state index in [9.17, 15) is 19.3 Å². The molecule has 1 amide bonds. The average Bonchev–Trinajstić information content (AvgIpc) is 2.47. The molecule has 1 N–H and O–H groups in total. The maximum Gasteiger partial charge on any atom is 0.292 e. The largest absolute Gasteiger partial charge is 0.481 e. The first-order valence-corrected chi connectivity index (χ1v) is 6.44. The van der Waals surface area contributed by atoms with Gasteiger partial charge in [-0.15, -0.1) is 0 Å². The monoisotopic (exact) mass is 304 g/mol. The summed E-state index contributed by atoms with van der Waals surface area (Å²) in [5.41, 5.74) is -0.138. The van der Waals surface area contributed by atoms with Crippen LogP contribution in [0.1, 0.15) is 6.92 Å². The van der Waals surface area contributed by atoms with Crippen LogP contribution in [0.2, 0.25) is 0 Å². The van der Waals surface area contributed by atoms with Gasteiger partial charge in [0.25, 0.3) is 11.6 Å². The Kier molecular flexibility index (Phi) is 4.67. The molecule has 22 heavy (non-hydrogen) atoms. The standard InChI is InChI=1S/C15H13FN2O4/c1-10(22-12-6-4-5-11(16)9-12)15(19)17-13-7-2-3-8-14(13)18(20)21/h2-10H,1H3,(H,17,19)/t10-/m0/s1. The van der Waals surface area contributed by atoms with E-state index in [-0.39, 0.29) is 17.1 Å². The number of hydrogen-bond acceptors (Lipinski definition) is 4. The predicted octanol–water partition coefficient (Wildman–Crippen LogP) is 3.14. The Bertz CT molecular complexity index is 705. The summed E-state index contributed by atoms with van der Waals surface area (Å²) >= 11 is 0. The zero-order chi connectivity index (χ0) is 16.1. The zero-order valence-corrected chi connectivity index (χ0v) is 11.7. The van der Waals surface area contributed by atoms with Crippen molar-refractivity contribution in [1.29, 1.82) is 0 Å². The second-order valence-electron chi connectivity index (χ2n) is 4.48. The van der Waals surface area contributed by atoms with E-state index in [1.165, 1.54) is 43.3 Å². The Morgan fingerprint density at radius 1 is 1.27 bits per heavy atom. The van der Waals surface area contributed by atoms with E-state index in [0.29, 0.717) is 0 Å². The first-order chi connectivity index (χ1) is 10.5. The molecule has 2 aromatic carbocycles. The van der Waals surface area contributed by atoms with Gasteiger partial charge in [-0.3, -0.25) is 14.9 Å². The number of anilines is 1. The minimum Gasteiger partial charge on any atom is -0.481 e. The van der Waals surface area contributed by atoms with Crippen molar-refractivity contribution in [3.05, 3.63) is 64.5 Å². The van der Waals surface area contributed by atoms with Gasteiger partial charge >= 0.3 is 0 Å². The van der Waals surface area contributed by atoms with Crippen molar-refractivity contribution in [2.45, 2.75) is 13.0 Å². The number of benzene rings is 2. The lowest BCUT2D eigenvalue weighted by Gasteiger charge is -2.14. The highest BCUT2D eigenvalue weighted by Gasteiger charge is 2.19. The molecule has 7 heteroatoms. The topological polar surface area (TPSA) is 81.5 Å². The molecule has 0 saturated carbocycles. The SMILES string of the molecule is C[C@H](Oc1cccc(F)c1)C(=O)Nc1ccccc1[N+](=O)[O-]. The molecule has 0 heterocycles. The summed E-state index contributed by atoms with van der Waals surface area (Å²) in [6.45, 7) is 1.47. The van der Waals surface area contributed by atoms with Crippen LogP contribution >= 0.6 is 0 Å². The van der Waals surface area contributed by atoms with E-state index in [0.717, 1.165) is 6.07 Å². The number of nitro groups is 1. The van der Waals surface area contributed by atoms with Crippen LogP contribution in [0.4, 0.5) is 15.8 Å². The van der Waals surface area contributed by atoms with Crippen LogP contribution in [0.15, 0.2) is 48.5 Å². The highest BCUT2D eigenvalue weighted by atomic mass is 19.1. The van der Waals surface area contributed by atoms with E-state index in [1.54, 1.807) is 6.07 Å². The number of carbonyl (C=O) groups is 1. The fourth-order valence-corrected chi connectivity index (χ4v) is 1.77. The number of nitrogens with zero attached hydrogens (tertiary/aromatic N) is 1. The molecule has 0 aliphatic carbocycles. The summed E-state index contributed by atoms with van der Waals surface area (Å²) in [5, 5.41) is 13.3. The minimum atomic E-state index is -0.943. The Labute approximate surface area is 125 Å². The fourth-order valence-electron chi connectivity index (χ4n) is 1.77. The first-order valence-electron chi connectivity index (χ1n) is 6.44. The molecule has 0 aliphatic rings. The van der Waals surface area contributed by atoms with Crippen molar-refractivity contribution in [2.24, 2.45) is 0 Å². The summed E-state index contributed by atoms with van der Waals surface area (Å²) in [6, 6.07) is 11.1. The van der Waals surface area contributed by atoms with Crippen molar-refractivity contribution >= 4 is 17.3 Å². The highest BCUT2D eigenvalue weighted by molar-refractivity contribution is 5.96. The van der Waals surface area contributed by atoms with Crippen molar-refractivity contribution in [3.63, 3.8) is 0 Å². The van der Waals surface area contributed by atoms with Gasteiger partial charge in [-0.1, -0.05) is 18.2 Å². The number of para-hydroxylation sites is 2. The second kappa shape index (κ2) is 6.66. The Hall–Kier alpha value is -2.96. The molecule has 0 unspecified atom stereocenters. The molecular formula is C15H13FN2O4. The molecule has 0 bridgehead atoms. The maximum atomic E-state index is 13.1. The molecule has 6 nitrogen and oxygen atoms in total. The third-order valence-electron chi connectivity index (χ3n) is 2.84. The number of nitrogens with one attached hydrogen (secondary N) is 1. The van der Waals surface area contributed by atoms with Crippen LogP contribution in [0, 0.1) is 15.9 Å². The molecule has 0 radical (unpaired) electrons. The first kappa shape index (κ1) is 15.4. The summed E-state index contributed by atoms with van der Waals surface area (Å²) in [4.78, 5) is 22.3. The molecule has 2 rings (SSSR count). The smallest absolute Gasteiger partial charge is 0.292 e. The quantitative estimate of drug-likeness (QED) is 0.679. The number of carbonyl (C=O) groups excluding carboxylic acids is 1. The Morgan fingerprint density at radius 3 is 2.68 bits per heavy atom. The molecule has 0 fully saturated rings. The van der Waals surface area contributed by atoms with E-state index >= 15 is 0 Å². The van der Waals surface area contributed by atoms with Crippen LogP contribution in [-0.4, -0.2) is 16.9 Å². The van der Waals surface area contributed by atoms with Gasteiger partial charge in [0, 0.05) is 12.1 Å². The summed E-state index contributed by atoms with van der Waals surface area (Å²) in [7, 11) is 0. The van der Waals surface area contributed by atoms with Crippen LogP contribution in [0.5, 0.6) is 5.75 Å². The van der Waals surface area contributed by atoms with Gasteiger partial charge < -0.3 is 10.1 Å². The fraction of sp³-hybridized carbons (Fsp3) is 0.133. The van der Waals surface area contributed by atoms with Crippen LogP contribution in [0.25, 0.3) is 0 Å². The lowest BCUT2D eigenvalue weighted by Crippen LogP contribution is -2.30. The van der Waals surface area contributed by atoms with Gasteiger partial charge in [0.15, 0.2) is 6.10 Å². The van der Waals surface area contributed by atoms with Crippen molar-refractivity contribution in [1.82, 2.24) is 0 Å². The van der Waals surface area contributed by atoms with Gasteiger partial charge in [-0.05, 0) is 25.1 Å². The number of amides is 1. The van der Waals surface area contributed by atoms with Crippen molar-refractivity contribution in [3.8, 4) is 5.75 Å². The van der Waals surface area contributed by atoms with Crippen LogP contribution in [-0.2, 0) is 4.79 Å². The van der Waals surface area contributed by atoms with Crippen molar-refractivity contribution < 1.29 is 18.8 Å². The Morgan fingerprint density at radius 2 is 2.00 bits per heavy atom. The third-order valence-corrected chi connectivity index (χ3v) is 2.84. The summed E-state index contributed by atoms with van der Waals surface area (Å²) in [6.07, 6.45) is -0.943. The predicted molar refractivity (Wildman–Crippen MR) is 78.2 cm³/mol. The number of halogens is 1. The normalized spacial score (nSPS) is 11.5. The van der Waals surface area contributed by atoms with E-state index in [1.807, 2.05) is 0 Å².